The van der Waals surface area contributed by atoms with Gasteiger partial charge in [-0.3, -0.25) is 24.9 Å². The molecule has 30 heavy (non-hydrogen) atoms. The Balaban J connectivity index is 1.45. The number of carbonyl (C=O) groups is 2. The quantitative estimate of drug-likeness (QED) is 0.586. The summed E-state index contributed by atoms with van der Waals surface area (Å²) in [5, 5.41) is 11.9. The number of carboxylic acid groups (broad SMARTS) is 1. The second-order valence-electron chi connectivity index (χ2n) is 6.76. The lowest BCUT2D eigenvalue weighted by Crippen LogP contribution is -2.28. The minimum Gasteiger partial charge on any atom is -0.481 e. The Labute approximate surface area is 173 Å². The van der Waals surface area contributed by atoms with Crippen LogP contribution in [0.5, 0.6) is 0 Å². The van der Waals surface area contributed by atoms with E-state index in [-0.39, 0.29) is 12.3 Å². The molecular formula is C23H19N3O4. The summed E-state index contributed by atoms with van der Waals surface area (Å²) < 4.78 is 0. The highest BCUT2D eigenvalue weighted by atomic mass is 16.7. The number of hydroxylamine groups is 1. The third-order valence-electron chi connectivity index (χ3n) is 4.67. The number of anilines is 1. The van der Waals surface area contributed by atoms with Crippen LogP contribution in [0.25, 0.3) is 16.8 Å². The molecule has 0 saturated heterocycles. The van der Waals surface area contributed by atoms with Crippen molar-refractivity contribution in [2.24, 2.45) is 0 Å². The molecule has 1 aromatic heterocycles. The van der Waals surface area contributed by atoms with E-state index in [2.05, 4.69) is 15.8 Å². The van der Waals surface area contributed by atoms with Crippen LogP contribution in [0.2, 0.25) is 0 Å². The molecule has 0 radical (unpaired) electrons. The van der Waals surface area contributed by atoms with Crippen LogP contribution in [0.1, 0.15) is 11.1 Å². The molecule has 7 nitrogen and oxygen atoms in total. The smallest absolute Gasteiger partial charge is 0.307 e. The number of hydrogen-bond acceptors (Lipinski definition) is 5. The second-order valence-corrected chi connectivity index (χ2v) is 6.76. The topological polar surface area (TPSA) is 101 Å². The van der Waals surface area contributed by atoms with Crippen molar-refractivity contribution in [1.29, 1.82) is 0 Å². The van der Waals surface area contributed by atoms with Crippen molar-refractivity contribution in [1.82, 2.24) is 10.5 Å². The fourth-order valence-corrected chi connectivity index (χ4v) is 3.22. The highest BCUT2D eigenvalue weighted by Crippen LogP contribution is 2.26. The molecule has 0 saturated carbocycles. The normalized spacial score (nSPS) is 15.2. The molecule has 0 bridgehead atoms. The van der Waals surface area contributed by atoms with Gasteiger partial charge in [-0.1, -0.05) is 36.4 Å². The summed E-state index contributed by atoms with van der Waals surface area (Å²) in [6.45, 7) is 0. The van der Waals surface area contributed by atoms with Crippen LogP contribution >= 0.6 is 0 Å². The van der Waals surface area contributed by atoms with Gasteiger partial charge in [-0.05, 0) is 47.0 Å². The number of amides is 1. The van der Waals surface area contributed by atoms with Crippen molar-refractivity contribution >= 4 is 23.3 Å². The molecule has 1 aliphatic rings. The van der Waals surface area contributed by atoms with Gasteiger partial charge in [0.05, 0.1) is 12.1 Å². The minimum atomic E-state index is -0.879. The maximum atomic E-state index is 12.5. The number of nitrogens with zero attached hydrogens (tertiary/aromatic N) is 1. The van der Waals surface area contributed by atoms with Crippen LogP contribution in [0.15, 0.2) is 79.1 Å². The summed E-state index contributed by atoms with van der Waals surface area (Å²) in [6.07, 6.45) is 4.24. The summed E-state index contributed by atoms with van der Waals surface area (Å²) in [6, 6.07) is 18.3. The largest absolute Gasteiger partial charge is 0.481 e. The van der Waals surface area contributed by atoms with E-state index in [1.54, 1.807) is 42.7 Å². The fraction of sp³-hybridized carbons (Fsp3) is 0.0870. The summed E-state index contributed by atoms with van der Waals surface area (Å²) in [5.41, 5.74) is 7.36. The van der Waals surface area contributed by atoms with Gasteiger partial charge in [0.1, 0.15) is 0 Å². The number of nitrogens with one attached hydrogen (secondary N) is 2. The van der Waals surface area contributed by atoms with Crippen molar-refractivity contribution in [2.75, 3.05) is 5.32 Å². The van der Waals surface area contributed by atoms with Gasteiger partial charge in [0.25, 0.3) is 5.91 Å². The zero-order chi connectivity index (χ0) is 20.9. The number of carboxylic acids is 1. The van der Waals surface area contributed by atoms with E-state index in [9.17, 15) is 9.59 Å². The Hall–Kier alpha value is -3.97. The standard InChI is InChI=1S/C23H19N3O4/c27-22(28)12-16-4-1-2-6-19(16)15-7-9-18(10-8-15)25-23(29)21-13-20(26-30-21)17-5-3-11-24-14-17/h1-11,13-14,21,26H,12H2,(H,25,29)(H,27,28). The van der Waals surface area contributed by atoms with Gasteiger partial charge >= 0.3 is 5.97 Å². The van der Waals surface area contributed by atoms with Gasteiger partial charge in [-0.15, -0.1) is 0 Å². The third-order valence-corrected chi connectivity index (χ3v) is 4.67. The Morgan fingerprint density at radius 1 is 1.03 bits per heavy atom. The number of carbonyl (C=O) groups excluding carboxylic acids is 1. The van der Waals surface area contributed by atoms with E-state index in [0.29, 0.717) is 11.4 Å². The highest BCUT2D eigenvalue weighted by Gasteiger charge is 2.24. The summed E-state index contributed by atoms with van der Waals surface area (Å²) in [5.74, 6) is -1.18. The molecular weight excluding hydrogens is 382 g/mol. The number of hydrogen-bond donors (Lipinski definition) is 3. The van der Waals surface area contributed by atoms with Crippen molar-refractivity contribution in [3.05, 3.63) is 90.3 Å². The average Bonchev–Trinajstić information content (AvgIpc) is 3.26. The van der Waals surface area contributed by atoms with Crippen LogP contribution in [-0.2, 0) is 20.8 Å². The van der Waals surface area contributed by atoms with Gasteiger partial charge in [-0.25, -0.2) is 0 Å². The first kappa shape index (κ1) is 19.4. The van der Waals surface area contributed by atoms with E-state index in [0.717, 1.165) is 22.3 Å². The zero-order valence-electron chi connectivity index (χ0n) is 15.9. The van der Waals surface area contributed by atoms with Crippen molar-refractivity contribution in [2.45, 2.75) is 12.5 Å². The maximum absolute atomic E-state index is 12.5. The van der Waals surface area contributed by atoms with Crippen LogP contribution < -0.4 is 10.8 Å². The third kappa shape index (κ3) is 4.37. The number of aromatic nitrogens is 1. The molecule has 3 aromatic rings. The molecule has 0 fully saturated rings. The monoisotopic (exact) mass is 401 g/mol. The first-order chi connectivity index (χ1) is 14.6. The maximum Gasteiger partial charge on any atom is 0.307 e. The summed E-state index contributed by atoms with van der Waals surface area (Å²) in [4.78, 5) is 33.0. The van der Waals surface area contributed by atoms with Gasteiger partial charge in [-0.2, -0.15) is 0 Å². The molecule has 150 valence electrons. The van der Waals surface area contributed by atoms with Gasteiger partial charge in [0.2, 0.25) is 0 Å². The summed E-state index contributed by atoms with van der Waals surface area (Å²) >= 11 is 0. The first-order valence-corrected chi connectivity index (χ1v) is 9.35. The number of aliphatic carboxylic acids is 1. The molecule has 0 spiro atoms. The fourth-order valence-electron chi connectivity index (χ4n) is 3.22. The lowest BCUT2D eigenvalue weighted by molar-refractivity contribution is -0.136. The Morgan fingerprint density at radius 3 is 2.57 bits per heavy atom. The van der Waals surface area contributed by atoms with Gasteiger partial charge in [0, 0.05) is 23.6 Å². The first-order valence-electron chi connectivity index (χ1n) is 9.35. The van der Waals surface area contributed by atoms with Crippen LogP contribution in [0.4, 0.5) is 5.69 Å². The minimum absolute atomic E-state index is 0.0493. The van der Waals surface area contributed by atoms with E-state index in [1.807, 2.05) is 36.4 Å². The van der Waals surface area contributed by atoms with Gasteiger partial charge < -0.3 is 10.4 Å². The van der Waals surface area contributed by atoms with Gasteiger partial charge in [0.15, 0.2) is 6.10 Å². The van der Waals surface area contributed by atoms with Crippen LogP contribution in [-0.4, -0.2) is 28.1 Å². The molecule has 1 unspecified atom stereocenters. The molecule has 1 atom stereocenters. The SMILES string of the molecule is O=C(O)Cc1ccccc1-c1ccc(NC(=O)C2C=C(c3cccnc3)NO2)cc1. The molecule has 3 N–H and O–H groups in total. The second kappa shape index (κ2) is 8.59. The Morgan fingerprint density at radius 2 is 1.83 bits per heavy atom. The molecule has 0 aliphatic carbocycles. The molecule has 1 amide bonds. The highest BCUT2D eigenvalue weighted by molar-refractivity contribution is 5.97. The zero-order valence-corrected chi connectivity index (χ0v) is 15.9. The lowest BCUT2D eigenvalue weighted by Gasteiger charge is -2.11. The molecule has 4 rings (SSSR count). The van der Waals surface area contributed by atoms with E-state index in [1.165, 1.54) is 0 Å². The van der Waals surface area contributed by atoms with Crippen LogP contribution in [0.3, 0.4) is 0 Å². The van der Waals surface area contributed by atoms with E-state index >= 15 is 0 Å². The van der Waals surface area contributed by atoms with Crippen molar-refractivity contribution in [3.8, 4) is 11.1 Å². The van der Waals surface area contributed by atoms with E-state index in [4.69, 9.17) is 9.94 Å². The lowest BCUT2D eigenvalue weighted by atomic mass is 9.97. The predicted molar refractivity (Wildman–Crippen MR) is 112 cm³/mol. The molecule has 2 aromatic carbocycles. The number of benzene rings is 2. The molecule has 7 heteroatoms. The van der Waals surface area contributed by atoms with Crippen molar-refractivity contribution in [3.63, 3.8) is 0 Å². The Bertz CT molecular complexity index is 1090. The molecule has 2 heterocycles. The summed E-state index contributed by atoms with van der Waals surface area (Å²) in [7, 11) is 0. The van der Waals surface area contributed by atoms with Crippen LogP contribution in [0, 0.1) is 0 Å². The molecule has 1 aliphatic heterocycles. The number of rotatable bonds is 6. The Kier molecular flexibility index (Phi) is 5.54. The van der Waals surface area contributed by atoms with E-state index < -0.39 is 12.1 Å². The predicted octanol–water partition coefficient (Wildman–Crippen LogP) is 3.26. The number of pyridine rings is 1. The average molecular weight is 401 g/mol. The van der Waals surface area contributed by atoms with Crippen molar-refractivity contribution < 1.29 is 19.5 Å².